The van der Waals surface area contributed by atoms with Gasteiger partial charge in [0.2, 0.25) is 0 Å². The second-order valence-electron chi connectivity index (χ2n) is 5.06. The van der Waals surface area contributed by atoms with Crippen LogP contribution in [0.2, 0.25) is 10.0 Å². The minimum Gasteiger partial charge on any atom is -0.490 e. The van der Waals surface area contributed by atoms with Crippen LogP contribution in [-0.4, -0.2) is 25.0 Å². The summed E-state index contributed by atoms with van der Waals surface area (Å²) in [6, 6.07) is 9.21. The molecule has 0 radical (unpaired) electrons. The van der Waals surface area contributed by atoms with Gasteiger partial charge in [-0.25, -0.2) is 0 Å². The minimum atomic E-state index is -0.559. The highest BCUT2D eigenvalue weighted by Gasteiger charge is 2.14. The molecule has 0 fully saturated rings. The summed E-state index contributed by atoms with van der Waals surface area (Å²) in [6.45, 7) is 4.59. The second kappa shape index (κ2) is 9.31. The molecule has 0 heterocycles. The Morgan fingerprint density at radius 1 is 0.885 bits per heavy atom. The van der Waals surface area contributed by atoms with Gasteiger partial charge in [0, 0.05) is 10.6 Å². The van der Waals surface area contributed by atoms with Crippen molar-refractivity contribution in [2.24, 2.45) is 0 Å². The molecule has 2 aromatic rings. The van der Waals surface area contributed by atoms with Gasteiger partial charge in [-0.1, -0.05) is 23.2 Å². The Kier molecular flexibility index (Phi) is 7.12. The van der Waals surface area contributed by atoms with Gasteiger partial charge in [0.1, 0.15) is 0 Å². The first-order valence-electron chi connectivity index (χ1n) is 7.91. The van der Waals surface area contributed by atoms with Crippen molar-refractivity contribution in [2.75, 3.05) is 13.2 Å². The maximum Gasteiger partial charge on any atom is 0.271 e. The molecule has 8 heteroatoms. The van der Waals surface area contributed by atoms with Gasteiger partial charge in [-0.2, -0.15) is 0 Å². The van der Waals surface area contributed by atoms with E-state index in [9.17, 15) is 9.59 Å². The molecule has 2 amide bonds. The largest absolute Gasteiger partial charge is 0.490 e. The number of hydrogen-bond acceptors (Lipinski definition) is 4. The van der Waals surface area contributed by atoms with E-state index in [-0.39, 0.29) is 10.6 Å². The third kappa shape index (κ3) is 5.03. The molecular weight excluding hydrogens is 379 g/mol. The van der Waals surface area contributed by atoms with Crippen LogP contribution in [0.3, 0.4) is 0 Å². The molecule has 138 valence electrons. The van der Waals surface area contributed by atoms with Crippen LogP contribution >= 0.6 is 23.2 Å². The van der Waals surface area contributed by atoms with E-state index in [1.165, 1.54) is 18.2 Å². The highest BCUT2D eigenvalue weighted by Crippen LogP contribution is 2.28. The minimum absolute atomic E-state index is 0.184. The molecular formula is C18H18Cl2N2O4. The maximum atomic E-state index is 12.3. The number of halogens is 2. The zero-order valence-electron chi connectivity index (χ0n) is 14.3. The Balaban J connectivity index is 2.07. The Hall–Kier alpha value is -2.44. The zero-order chi connectivity index (χ0) is 19.1. The molecule has 0 aliphatic carbocycles. The lowest BCUT2D eigenvalue weighted by Crippen LogP contribution is -2.41. The quantitative estimate of drug-likeness (QED) is 0.726. The summed E-state index contributed by atoms with van der Waals surface area (Å²) in [4.78, 5) is 24.4. The number of carbonyl (C=O) groups excluding carboxylic acids is 2. The van der Waals surface area contributed by atoms with Crippen molar-refractivity contribution in [3.8, 4) is 11.5 Å². The third-order valence-electron chi connectivity index (χ3n) is 3.27. The van der Waals surface area contributed by atoms with E-state index in [2.05, 4.69) is 10.9 Å². The Morgan fingerprint density at radius 3 is 2.19 bits per heavy atom. The molecule has 0 saturated heterocycles. The van der Waals surface area contributed by atoms with E-state index in [0.29, 0.717) is 35.3 Å². The number of nitrogens with one attached hydrogen (secondary N) is 2. The normalized spacial score (nSPS) is 10.2. The van der Waals surface area contributed by atoms with E-state index in [1.54, 1.807) is 18.2 Å². The standard InChI is InChI=1S/C18H18Cl2N2O4/c1-3-25-15-8-5-11(9-16(15)26-4-2)17(23)21-22-18(24)13-7-6-12(19)10-14(13)20/h5-10H,3-4H2,1-2H3,(H,21,23)(H,22,24). The van der Waals surface area contributed by atoms with E-state index in [1.807, 2.05) is 13.8 Å². The number of carbonyl (C=O) groups is 2. The van der Waals surface area contributed by atoms with Crippen molar-refractivity contribution in [2.45, 2.75) is 13.8 Å². The van der Waals surface area contributed by atoms with Crippen molar-refractivity contribution in [3.63, 3.8) is 0 Å². The molecule has 0 aliphatic heterocycles. The fourth-order valence-electron chi connectivity index (χ4n) is 2.12. The molecule has 2 rings (SSSR count). The highest BCUT2D eigenvalue weighted by molar-refractivity contribution is 6.36. The average molecular weight is 397 g/mol. The molecule has 0 spiro atoms. The fourth-order valence-corrected chi connectivity index (χ4v) is 2.61. The predicted molar refractivity (Wildman–Crippen MR) is 100 cm³/mol. The Labute approximate surface area is 161 Å². The van der Waals surface area contributed by atoms with Gasteiger partial charge in [0.05, 0.1) is 23.8 Å². The number of ether oxygens (including phenoxy) is 2. The number of hydrazine groups is 1. The molecule has 2 aromatic carbocycles. The van der Waals surface area contributed by atoms with Crippen molar-refractivity contribution < 1.29 is 19.1 Å². The summed E-state index contributed by atoms with van der Waals surface area (Å²) in [5.74, 6) is -0.0691. The van der Waals surface area contributed by atoms with Gasteiger partial charge >= 0.3 is 0 Å². The lowest BCUT2D eigenvalue weighted by molar-refractivity contribution is 0.0846. The monoisotopic (exact) mass is 396 g/mol. The summed E-state index contributed by atoms with van der Waals surface area (Å²) in [5, 5.41) is 0.595. The van der Waals surface area contributed by atoms with Gasteiger partial charge in [0.15, 0.2) is 11.5 Å². The van der Waals surface area contributed by atoms with Gasteiger partial charge in [-0.05, 0) is 50.2 Å². The van der Waals surface area contributed by atoms with Gasteiger partial charge in [-0.15, -0.1) is 0 Å². The molecule has 0 bridgehead atoms. The van der Waals surface area contributed by atoms with Crippen LogP contribution in [0.25, 0.3) is 0 Å². The lowest BCUT2D eigenvalue weighted by Gasteiger charge is -2.13. The van der Waals surface area contributed by atoms with E-state index < -0.39 is 11.8 Å². The third-order valence-corrected chi connectivity index (χ3v) is 3.82. The molecule has 0 unspecified atom stereocenters. The number of benzene rings is 2. The highest BCUT2D eigenvalue weighted by atomic mass is 35.5. The van der Waals surface area contributed by atoms with Crippen molar-refractivity contribution >= 4 is 35.0 Å². The SMILES string of the molecule is CCOc1ccc(C(=O)NNC(=O)c2ccc(Cl)cc2Cl)cc1OCC. The number of amides is 2. The first-order chi connectivity index (χ1) is 12.5. The van der Waals surface area contributed by atoms with E-state index in [0.717, 1.165) is 0 Å². The topological polar surface area (TPSA) is 76.7 Å². The summed E-state index contributed by atoms with van der Waals surface area (Å²) in [5.41, 5.74) is 5.14. The van der Waals surface area contributed by atoms with Crippen LogP contribution in [0.15, 0.2) is 36.4 Å². The van der Waals surface area contributed by atoms with E-state index in [4.69, 9.17) is 32.7 Å². The summed E-state index contributed by atoms with van der Waals surface area (Å²) in [6.07, 6.45) is 0. The van der Waals surface area contributed by atoms with Crippen molar-refractivity contribution in [1.82, 2.24) is 10.9 Å². The van der Waals surface area contributed by atoms with Crippen molar-refractivity contribution in [1.29, 1.82) is 0 Å². The summed E-state index contributed by atoms with van der Waals surface area (Å²) >= 11 is 11.8. The molecule has 0 saturated carbocycles. The van der Waals surface area contributed by atoms with Gasteiger partial charge < -0.3 is 9.47 Å². The molecule has 6 nitrogen and oxygen atoms in total. The van der Waals surface area contributed by atoms with Crippen LogP contribution in [0.4, 0.5) is 0 Å². The number of hydrogen-bond donors (Lipinski definition) is 2. The van der Waals surface area contributed by atoms with E-state index >= 15 is 0 Å². The summed E-state index contributed by atoms with van der Waals surface area (Å²) in [7, 11) is 0. The lowest BCUT2D eigenvalue weighted by atomic mass is 10.2. The molecule has 0 atom stereocenters. The fraction of sp³-hybridized carbons (Fsp3) is 0.222. The average Bonchev–Trinajstić information content (AvgIpc) is 2.61. The summed E-state index contributed by atoms with van der Waals surface area (Å²) < 4.78 is 10.9. The second-order valence-corrected chi connectivity index (χ2v) is 5.90. The molecule has 26 heavy (non-hydrogen) atoms. The Morgan fingerprint density at radius 2 is 1.54 bits per heavy atom. The predicted octanol–water partition coefficient (Wildman–Crippen LogP) is 3.87. The zero-order valence-corrected chi connectivity index (χ0v) is 15.8. The molecule has 0 aliphatic rings. The van der Waals surface area contributed by atoms with Crippen LogP contribution in [0.5, 0.6) is 11.5 Å². The van der Waals surface area contributed by atoms with Gasteiger partial charge in [-0.3, -0.25) is 20.4 Å². The first kappa shape index (κ1) is 19.9. The maximum absolute atomic E-state index is 12.3. The van der Waals surface area contributed by atoms with Crippen LogP contribution in [-0.2, 0) is 0 Å². The van der Waals surface area contributed by atoms with Crippen LogP contribution in [0.1, 0.15) is 34.6 Å². The smallest absolute Gasteiger partial charge is 0.271 e. The van der Waals surface area contributed by atoms with Crippen molar-refractivity contribution in [3.05, 3.63) is 57.6 Å². The Bertz CT molecular complexity index is 812. The molecule has 0 aromatic heterocycles. The van der Waals surface area contributed by atoms with Crippen LogP contribution < -0.4 is 20.3 Å². The number of rotatable bonds is 6. The van der Waals surface area contributed by atoms with Crippen LogP contribution in [0, 0.1) is 0 Å². The molecule has 2 N–H and O–H groups in total. The van der Waals surface area contributed by atoms with Gasteiger partial charge in [0.25, 0.3) is 11.8 Å². The first-order valence-corrected chi connectivity index (χ1v) is 8.67.